The van der Waals surface area contributed by atoms with Crippen LogP contribution in [0.2, 0.25) is 0 Å². The highest BCUT2D eigenvalue weighted by Crippen LogP contribution is 2.38. The Hall–Kier alpha value is -4.07. The molecule has 0 aliphatic carbocycles. The van der Waals surface area contributed by atoms with Gasteiger partial charge in [0.25, 0.3) is 11.8 Å². The van der Waals surface area contributed by atoms with Crippen molar-refractivity contribution in [3.63, 3.8) is 0 Å². The van der Waals surface area contributed by atoms with Crippen LogP contribution in [0.5, 0.6) is 5.75 Å². The van der Waals surface area contributed by atoms with Crippen molar-refractivity contribution in [2.75, 3.05) is 10.6 Å². The number of aromatic nitrogens is 2. The van der Waals surface area contributed by atoms with Gasteiger partial charge in [0.05, 0.1) is 11.8 Å². The lowest BCUT2D eigenvalue weighted by atomic mass is 9.94. The number of nitrogens with one attached hydrogen (secondary N) is 2. The standard InChI is InChI=1S/C21H19N5O3/c1-12-17(21(29)25-14-5-3-2-4-6-14)18(13-7-9-15(27)10-8-13)26-20(24-12)16(11-23-26)19(22)28/h2-11,18,24,27H,1H3,(H2,22,28)(H,25,29)/t18-/m0/s1. The van der Waals surface area contributed by atoms with Crippen LogP contribution in [-0.2, 0) is 4.79 Å². The first kappa shape index (κ1) is 18.3. The maximum atomic E-state index is 13.2. The van der Waals surface area contributed by atoms with Crippen molar-refractivity contribution in [1.82, 2.24) is 9.78 Å². The molecule has 2 heterocycles. The number of carbonyl (C=O) groups excluding carboxylic acids is 2. The zero-order valence-corrected chi connectivity index (χ0v) is 15.6. The number of hydrogen-bond donors (Lipinski definition) is 4. The summed E-state index contributed by atoms with van der Waals surface area (Å²) in [4.78, 5) is 25.0. The molecule has 0 saturated heterocycles. The lowest BCUT2D eigenvalue weighted by Gasteiger charge is -2.30. The highest BCUT2D eigenvalue weighted by molar-refractivity contribution is 6.06. The summed E-state index contributed by atoms with van der Waals surface area (Å²) in [5.74, 6) is -0.393. The minimum Gasteiger partial charge on any atom is -0.508 e. The van der Waals surface area contributed by atoms with Crippen molar-refractivity contribution in [1.29, 1.82) is 0 Å². The summed E-state index contributed by atoms with van der Waals surface area (Å²) in [7, 11) is 0. The molecule has 4 rings (SSSR count). The monoisotopic (exact) mass is 389 g/mol. The van der Waals surface area contributed by atoms with Crippen LogP contribution in [0, 0.1) is 0 Å². The maximum Gasteiger partial charge on any atom is 0.255 e. The van der Waals surface area contributed by atoms with E-state index in [2.05, 4.69) is 15.7 Å². The molecule has 2 aromatic carbocycles. The topological polar surface area (TPSA) is 122 Å². The van der Waals surface area contributed by atoms with Crippen molar-refractivity contribution in [3.8, 4) is 5.75 Å². The first-order valence-electron chi connectivity index (χ1n) is 8.96. The number of primary amides is 1. The van der Waals surface area contributed by atoms with E-state index in [0.717, 1.165) is 5.56 Å². The van der Waals surface area contributed by atoms with Crippen molar-refractivity contribution >= 4 is 23.3 Å². The summed E-state index contributed by atoms with van der Waals surface area (Å²) < 4.78 is 1.55. The Morgan fingerprint density at radius 1 is 1.14 bits per heavy atom. The van der Waals surface area contributed by atoms with Gasteiger partial charge in [-0.05, 0) is 36.8 Å². The van der Waals surface area contributed by atoms with Gasteiger partial charge >= 0.3 is 0 Å². The van der Waals surface area contributed by atoms with Gasteiger partial charge in [0, 0.05) is 11.4 Å². The summed E-state index contributed by atoms with van der Waals surface area (Å²) in [6, 6.07) is 15.0. The smallest absolute Gasteiger partial charge is 0.255 e. The highest BCUT2D eigenvalue weighted by Gasteiger charge is 2.34. The van der Waals surface area contributed by atoms with Gasteiger partial charge in [-0.25, -0.2) is 4.68 Å². The van der Waals surface area contributed by atoms with Crippen LogP contribution in [0.25, 0.3) is 0 Å². The van der Waals surface area contributed by atoms with Gasteiger partial charge in [0.2, 0.25) is 0 Å². The van der Waals surface area contributed by atoms with E-state index in [-0.39, 0.29) is 17.2 Å². The number of nitrogens with two attached hydrogens (primary N) is 1. The molecule has 1 atom stereocenters. The summed E-state index contributed by atoms with van der Waals surface area (Å²) in [5, 5.41) is 20.0. The van der Waals surface area contributed by atoms with Crippen LogP contribution in [0.3, 0.4) is 0 Å². The molecule has 8 heteroatoms. The predicted octanol–water partition coefficient (Wildman–Crippen LogP) is 2.62. The molecule has 5 N–H and O–H groups in total. The number of phenolic OH excluding ortho intramolecular Hbond substituents is 1. The van der Waals surface area contributed by atoms with Gasteiger partial charge in [-0.1, -0.05) is 30.3 Å². The van der Waals surface area contributed by atoms with Crippen molar-refractivity contribution < 1.29 is 14.7 Å². The predicted molar refractivity (Wildman–Crippen MR) is 108 cm³/mol. The second-order valence-electron chi connectivity index (χ2n) is 6.69. The van der Waals surface area contributed by atoms with Gasteiger partial charge in [-0.15, -0.1) is 0 Å². The van der Waals surface area contributed by atoms with Crippen LogP contribution >= 0.6 is 0 Å². The molecule has 0 spiro atoms. The molecule has 146 valence electrons. The van der Waals surface area contributed by atoms with Gasteiger partial charge in [0.1, 0.15) is 23.2 Å². The number of allylic oxidation sites excluding steroid dienone is 1. The summed E-state index contributed by atoms with van der Waals surface area (Å²) in [6.07, 6.45) is 1.38. The Bertz CT molecular complexity index is 1120. The van der Waals surface area contributed by atoms with E-state index in [9.17, 15) is 14.7 Å². The van der Waals surface area contributed by atoms with Crippen LogP contribution < -0.4 is 16.4 Å². The molecular weight excluding hydrogens is 370 g/mol. The molecule has 29 heavy (non-hydrogen) atoms. The zero-order valence-electron chi connectivity index (χ0n) is 15.6. The van der Waals surface area contributed by atoms with Crippen LogP contribution in [0.15, 0.2) is 72.1 Å². The van der Waals surface area contributed by atoms with E-state index < -0.39 is 11.9 Å². The van der Waals surface area contributed by atoms with E-state index >= 15 is 0 Å². The van der Waals surface area contributed by atoms with E-state index in [1.807, 2.05) is 18.2 Å². The van der Waals surface area contributed by atoms with E-state index in [1.165, 1.54) is 18.3 Å². The molecule has 0 radical (unpaired) electrons. The fourth-order valence-corrected chi connectivity index (χ4v) is 3.41. The number of fused-ring (bicyclic) bond motifs is 1. The van der Waals surface area contributed by atoms with Crippen molar-refractivity contribution in [2.24, 2.45) is 5.73 Å². The zero-order chi connectivity index (χ0) is 20.5. The van der Waals surface area contributed by atoms with Gasteiger partial charge in [0.15, 0.2) is 0 Å². The quantitative estimate of drug-likeness (QED) is 0.546. The largest absolute Gasteiger partial charge is 0.508 e. The molecule has 2 amide bonds. The number of anilines is 2. The average molecular weight is 389 g/mol. The molecule has 0 fully saturated rings. The number of carbonyl (C=O) groups is 2. The molecule has 1 aromatic heterocycles. The fraction of sp³-hybridized carbons (Fsp3) is 0.0952. The van der Waals surface area contributed by atoms with Gasteiger partial charge in [-0.2, -0.15) is 5.10 Å². The van der Waals surface area contributed by atoms with E-state index in [4.69, 9.17) is 5.73 Å². The molecule has 0 saturated carbocycles. The maximum absolute atomic E-state index is 13.2. The summed E-state index contributed by atoms with van der Waals surface area (Å²) in [6.45, 7) is 1.76. The van der Waals surface area contributed by atoms with E-state index in [0.29, 0.717) is 22.8 Å². The molecule has 1 aliphatic rings. The minimum absolute atomic E-state index is 0.109. The second kappa shape index (κ2) is 7.16. The number of phenols is 1. The summed E-state index contributed by atoms with van der Waals surface area (Å²) in [5.41, 5.74) is 8.09. The van der Waals surface area contributed by atoms with Crippen molar-refractivity contribution in [2.45, 2.75) is 13.0 Å². The van der Waals surface area contributed by atoms with Gasteiger partial charge < -0.3 is 21.5 Å². The Balaban J connectivity index is 1.82. The normalized spacial score (nSPS) is 15.4. The Labute approximate surface area is 166 Å². The fourth-order valence-electron chi connectivity index (χ4n) is 3.41. The molecular formula is C21H19N5O3. The van der Waals surface area contributed by atoms with E-state index in [1.54, 1.807) is 35.9 Å². The average Bonchev–Trinajstić information content (AvgIpc) is 3.12. The number of hydrogen-bond acceptors (Lipinski definition) is 5. The first-order valence-corrected chi connectivity index (χ1v) is 8.96. The second-order valence-corrected chi connectivity index (χ2v) is 6.69. The number of amides is 2. The summed E-state index contributed by atoms with van der Waals surface area (Å²) >= 11 is 0. The SMILES string of the molecule is CC1=C(C(=O)Nc2ccccc2)[C@H](c2ccc(O)cc2)n2ncc(C(N)=O)c2N1. The van der Waals surface area contributed by atoms with Crippen molar-refractivity contribution in [3.05, 3.63) is 83.2 Å². The molecule has 3 aromatic rings. The van der Waals surface area contributed by atoms with Crippen LogP contribution in [-0.4, -0.2) is 26.7 Å². The van der Waals surface area contributed by atoms with Gasteiger partial charge in [-0.3, -0.25) is 9.59 Å². The Kier molecular flexibility index (Phi) is 4.52. The number of nitrogens with zero attached hydrogens (tertiary/aromatic N) is 2. The number of benzene rings is 2. The number of aromatic hydroxyl groups is 1. The first-order chi connectivity index (χ1) is 14.0. The number of rotatable bonds is 4. The van der Waals surface area contributed by atoms with Crippen LogP contribution in [0.1, 0.15) is 28.9 Å². The number of para-hydroxylation sites is 1. The minimum atomic E-state index is -0.617. The van der Waals surface area contributed by atoms with Crippen LogP contribution in [0.4, 0.5) is 11.5 Å². The third kappa shape index (κ3) is 3.31. The Morgan fingerprint density at radius 2 is 1.83 bits per heavy atom. The lowest BCUT2D eigenvalue weighted by Crippen LogP contribution is -2.32. The highest BCUT2D eigenvalue weighted by atomic mass is 16.3. The Morgan fingerprint density at radius 3 is 2.48 bits per heavy atom. The lowest BCUT2D eigenvalue weighted by molar-refractivity contribution is -0.113. The molecule has 1 aliphatic heterocycles. The third-order valence-electron chi connectivity index (χ3n) is 4.77. The third-order valence-corrected chi connectivity index (χ3v) is 4.77. The molecule has 0 unspecified atom stereocenters. The molecule has 8 nitrogen and oxygen atoms in total. The molecule has 0 bridgehead atoms.